The standard InChI is InChI=1S/C20H24N2OS/c1-5-18(23)15-10-11-20-17(12-15)22(13-14(2)21(3)4)16-8-6-7-9-19(16)24-20/h6-12,14H,5,13H2,1-4H3/i3D3,4D3. The van der Waals surface area contributed by atoms with Gasteiger partial charge in [0.05, 0.1) is 11.4 Å². The van der Waals surface area contributed by atoms with Crippen LogP contribution in [0.4, 0.5) is 11.4 Å². The van der Waals surface area contributed by atoms with Gasteiger partial charge in [-0.05, 0) is 45.1 Å². The van der Waals surface area contributed by atoms with Crippen molar-refractivity contribution in [3.05, 3.63) is 48.0 Å². The minimum absolute atomic E-state index is 0.0151. The summed E-state index contributed by atoms with van der Waals surface area (Å²) in [6.07, 6.45) is 0.380. The highest BCUT2D eigenvalue weighted by molar-refractivity contribution is 7.99. The Hall–Kier alpha value is -1.78. The predicted octanol–water partition coefficient (Wildman–Crippen LogP) is 4.83. The van der Waals surface area contributed by atoms with Crippen molar-refractivity contribution in [2.45, 2.75) is 36.1 Å². The molecule has 24 heavy (non-hydrogen) atoms. The Labute approximate surface area is 157 Å². The molecule has 0 fully saturated rings. The fourth-order valence-electron chi connectivity index (χ4n) is 2.75. The zero-order valence-electron chi connectivity index (χ0n) is 19.7. The van der Waals surface area contributed by atoms with Gasteiger partial charge in [0.1, 0.15) is 0 Å². The molecule has 0 aromatic heterocycles. The number of benzene rings is 2. The molecule has 126 valence electrons. The first-order chi connectivity index (χ1) is 13.9. The zero-order valence-corrected chi connectivity index (χ0v) is 14.6. The summed E-state index contributed by atoms with van der Waals surface area (Å²) in [6.45, 7) is -1.99. The smallest absolute Gasteiger partial charge is 0.162 e. The Bertz CT molecular complexity index is 930. The van der Waals surface area contributed by atoms with Crippen LogP contribution in [0.25, 0.3) is 0 Å². The van der Waals surface area contributed by atoms with E-state index in [2.05, 4.69) is 0 Å². The van der Waals surface area contributed by atoms with Crippen LogP contribution >= 0.6 is 11.8 Å². The summed E-state index contributed by atoms with van der Waals surface area (Å²) in [5, 5.41) is 0. The molecule has 0 radical (unpaired) electrons. The highest BCUT2D eigenvalue weighted by Gasteiger charge is 2.25. The molecule has 0 bridgehead atoms. The second-order valence-electron chi connectivity index (χ2n) is 5.86. The van der Waals surface area contributed by atoms with E-state index in [1.807, 2.05) is 41.3 Å². The number of carbonyl (C=O) groups is 1. The van der Waals surface area contributed by atoms with Crippen LogP contribution in [0.1, 0.15) is 38.9 Å². The van der Waals surface area contributed by atoms with Gasteiger partial charge in [-0.15, -0.1) is 0 Å². The largest absolute Gasteiger partial charge is 0.338 e. The van der Waals surface area contributed by atoms with E-state index in [1.165, 1.54) is 0 Å². The maximum absolute atomic E-state index is 12.3. The average molecular weight is 347 g/mol. The van der Waals surface area contributed by atoms with Crippen LogP contribution in [0, 0.1) is 0 Å². The van der Waals surface area contributed by atoms with Gasteiger partial charge in [0.15, 0.2) is 5.78 Å². The minimum atomic E-state index is -2.77. The van der Waals surface area contributed by atoms with Gasteiger partial charge >= 0.3 is 0 Å². The maximum Gasteiger partial charge on any atom is 0.162 e. The molecule has 0 amide bonds. The van der Waals surface area contributed by atoms with Gasteiger partial charge in [-0.1, -0.05) is 36.9 Å². The SMILES string of the molecule is [2H]C([2H])([2H])N(C(C)CN1c2ccccc2Sc2ccc(C(=O)CC)cc21)C([2H])([2H])[2H]. The van der Waals surface area contributed by atoms with Gasteiger partial charge in [0, 0.05) is 42.6 Å². The summed E-state index contributed by atoms with van der Waals surface area (Å²) in [7, 11) is 0. The molecule has 3 nitrogen and oxygen atoms in total. The molecule has 0 aliphatic carbocycles. The van der Waals surface area contributed by atoms with Gasteiger partial charge in [-0.2, -0.15) is 0 Å². The summed E-state index contributed by atoms with van der Waals surface area (Å²) in [5.74, 6) is 0.0151. The van der Waals surface area contributed by atoms with E-state index in [0.29, 0.717) is 16.9 Å². The third-order valence-corrected chi connectivity index (χ3v) is 5.29. The van der Waals surface area contributed by atoms with Crippen molar-refractivity contribution in [3.8, 4) is 0 Å². The molecule has 3 rings (SSSR count). The van der Waals surface area contributed by atoms with Crippen LogP contribution in [0.3, 0.4) is 0 Å². The lowest BCUT2D eigenvalue weighted by atomic mass is 10.1. The van der Waals surface area contributed by atoms with Gasteiger partial charge in [-0.25, -0.2) is 0 Å². The van der Waals surface area contributed by atoms with Crippen molar-refractivity contribution in [2.24, 2.45) is 0 Å². The van der Waals surface area contributed by atoms with Crippen molar-refractivity contribution < 1.29 is 13.0 Å². The third-order valence-electron chi connectivity index (χ3n) is 4.16. The quantitative estimate of drug-likeness (QED) is 0.723. The molecule has 1 atom stereocenters. The van der Waals surface area contributed by atoms with Crippen LogP contribution in [-0.2, 0) is 0 Å². The van der Waals surface area contributed by atoms with Crippen molar-refractivity contribution in [1.29, 1.82) is 0 Å². The number of nitrogens with zero attached hydrogens (tertiary/aromatic N) is 2. The summed E-state index contributed by atoms with van der Waals surface area (Å²) < 4.78 is 46.4. The summed E-state index contributed by atoms with van der Waals surface area (Å²) in [5.41, 5.74) is 2.22. The Morgan fingerprint density at radius 1 is 1.21 bits per heavy atom. The van der Waals surface area contributed by atoms with Crippen LogP contribution < -0.4 is 4.90 Å². The van der Waals surface area contributed by atoms with Crippen LogP contribution in [-0.4, -0.2) is 37.2 Å². The second kappa shape index (κ2) is 6.99. The summed E-state index contributed by atoms with van der Waals surface area (Å²) in [6, 6.07) is 12.4. The number of hydrogen-bond donors (Lipinski definition) is 0. The highest BCUT2D eigenvalue weighted by atomic mass is 32.2. The monoisotopic (exact) mass is 346 g/mol. The lowest BCUT2D eigenvalue weighted by Crippen LogP contribution is -2.37. The van der Waals surface area contributed by atoms with E-state index in [4.69, 9.17) is 8.22 Å². The Morgan fingerprint density at radius 2 is 1.96 bits per heavy atom. The zero-order chi connectivity index (χ0) is 22.3. The molecular formula is C20H24N2OS. The molecule has 2 aromatic carbocycles. The fraction of sp³-hybridized carbons (Fsp3) is 0.350. The Morgan fingerprint density at radius 3 is 2.71 bits per heavy atom. The van der Waals surface area contributed by atoms with Gasteiger partial charge in [0.25, 0.3) is 0 Å². The lowest BCUT2D eigenvalue weighted by Gasteiger charge is -2.36. The first kappa shape index (κ1) is 11.0. The molecule has 0 N–H and O–H groups in total. The van der Waals surface area contributed by atoms with Crippen LogP contribution in [0.2, 0.25) is 0 Å². The summed E-state index contributed by atoms with van der Waals surface area (Å²) >= 11 is 1.57. The van der Waals surface area contributed by atoms with E-state index >= 15 is 0 Å². The molecule has 0 saturated carbocycles. The molecule has 0 saturated heterocycles. The number of anilines is 2. The normalized spacial score (nSPS) is 19.0. The van der Waals surface area contributed by atoms with Gasteiger partial charge in [-0.3, -0.25) is 4.79 Å². The van der Waals surface area contributed by atoms with E-state index in [1.54, 1.807) is 31.7 Å². The number of para-hydroxylation sites is 1. The minimum Gasteiger partial charge on any atom is -0.338 e. The molecule has 4 heteroatoms. The average Bonchev–Trinajstić information content (AvgIpc) is 2.64. The van der Waals surface area contributed by atoms with Crippen molar-refractivity contribution in [3.63, 3.8) is 0 Å². The number of ketones is 1. The second-order valence-corrected chi connectivity index (χ2v) is 6.94. The van der Waals surface area contributed by atoms with E-state index in [-0.39, 0.29) is 12.3 Å². The molecule has 1 heterocycles. The number of rotatable bonds is 5. The molecular weight excluding hydrogens is 316 g/mol. The number of hydrogen-bond acceptors (Lipinski definition) is 4. The van der Waals surface area contributed by atoms with Crippen molar-refractivity contribution in [1.82, 2.24) is 4.90 Å². The van der Waals surface area contributed by atoms with E-state index < -0.39 is 20.0 Å². The van der Waals surface area contributed by atoms with E-state index in [9.17, 15) is 4.79 Å². The predicted molar refractivity (Wildman–Crippen MR) is 102 cm³/mol. The molecule has 1 unspecified atom stereocenters. The number of fused-ring (bicyclic) bond motifs is 2. The number of Topliss-reactive ketones (excluding diaryl/α,β-unsaturated/α-hetero) is 1. The van der Waals surface area contributed by atoms with Gasteiger partial charge < -0.3 is 9.80 Å². The number of likely N-dealkylation sites (N-methyl/N-ethyl adjacent to an activating group) is 1. The lowest BCUT2D eigenvalue weighted by molar-refractivity contribution is 0.0988. The van der Waals surface area contributed by atoms with Crippen LogP contribution in [0.5, 0.6) is 0 Å². The highest BCUT2D eigenvalue weighted by Crippen LogP contribution is 2.48. The molecule has 2 aromatic rings. The topological polar surface area (TPSA) is 23.6 Å². The summed E-state index contributed by atoms with van der Waals surface area (Å²) in [4.78, 5) is 16.7. The Kier molecular flexibility index (Phi) is 3.19. The van der Waals surface area contributed by atoms with Crippen molar-refractivity contribution in [2.75, 3.05) is 25.4 Å². The van der Waals surface area contributed by atoms with Gasteiger partial charge in [0.2, 0.25) is 0 Å². The first-order valence-corrected chi connectivity index (χ1v) is 8.76. The molecule has 0 spiro atoms. The van der Waals surface area contributed by atoms with E-state index in [0.717, 1.165) is 21.2 Å². The van der Waals surface area contributed by atoms with Crippen LogP contribution in [0.15, 0.2) is 52.3 Å². The maximum atomic E-state index is 12.3. The molecule has 1 aliphatic heterocycles. The molecule has 1 aliphatic rings. The fourth-order valence-corrected chi connectivity index (χ4v) is 3.83. The number of carbonyl (C=O) groups excluding carboxylic acids is 1. The third kappa shape index (κ3) is 3.21. The Balaban J connectivity index is 2.06. The first-order valence-electron chi connectivity index (χ1n) is 10.9. The van der Waals surface area contributed by atoms with Crippen molar-refractivity contribution >= 4 is 28.9 Å².